The second-order valence-corrected chi connectivity index (χ2v) is 18.5. The van der Waals surface area contributed by atoms with Crippen molar-refractivity contribution >= 4 is 95.7 Å². The molecule has 0 aromatic carbocycles. The first kappa shape index (κ1) is 41.1. The molecule has 0 heterocycles. The van der Waals surface area contributed by atoms with Crippen molar-refractivity contribution in [1.82, 2.24) is 0 Å². The van der Waals surface area contributed by atoms with Crippen molar-refractivity contribution in [2.45, 2.75) is 20.3 Å². The Kier molecular flexibility index (Phi) is 28.5. The Labute approximate surface area is 267 Å². The Morgan fingerprint density at radius 2 is 1.10 bits per heavy atom. The molecule has 0 amide bonds. The van der Waals surface area contributed by atoms with Crippen LogP contribution in [0.15, 0.2) is 0 Å². The Hall–Kier alpha value is 1.15. The van der Waals surface area contributed by atoms with Gasteiger partial charge in [0.05, 0.1) is 85.0 Å². The lowest BCUT2D eigenvalue weighted by molar-refractivity contribution is 0.0350. The van der Waals surface area contributed by atoms with E-state index in [4.69, 9.17) is 78.3 Å². The van der Waals surface area contributed by atoms with Crippen molar-refractivity contribution in [3.63, 3.8) is 0 Å². The van der Waals surface area contributed by atoms with Gasteiger partial charge in [0.15, 0.2) is 0 Å². The van der Waals surface area contributed by atoms with Crippen molar-refractivity contribution in [3.8, 4) is 0 Å². The lowest BCUT2D eigenvalue weighted by Gasteiger charge is -2.21. The predicted molar refractivity (Wildman–Crippen MR) is 176 cm³/mol. The second kappa shape index (κ2) is 27.7. The third kappa shape index (κ3) is 29.2. The zero-order valence-corrected chi connectivity index (χ0v) is 29.5. The minimum absolute atomic E-state index is 0.209. The molecule has 0 saturated carbocycles. The number of rotatable bonds is 27. The first-order chi connectivity index (χ1) is 19.1. The average Bonchev–Trinajstić information content (AvgIpc) is 2.89. The summed E-state index contributed by atoms with van der Waals surface area (Å²) in [6.45, 7) is 8.58. The molecule has 0 fully saturated rings. The highest BCUT2D eigenvalue weighted by atomic mass is 32.9. The highest BCUT2D eigenvalue weighted by Gasteiger charge is 2.20. The van der Waals surface area contributed by atoms with Gasteiger partial charge in [0.1, 0.15) is 0 Å². The second-order valence-electron chi connectivity index (χ2n) is 7.10. The maximum absolute atomic E-state index is 11.0. The lowest BCUT2D eigenvalue weighted by atomic mass is 10.6. The minimum atomic E-state index is -4.04. The monoisotopic (exact) mass is 724 g/mol. The van der Waals surface area contributed by atoms with E-state index in [2.05, 4.69) is 0 Å². The fraction of sp³-hybridized carbons (Fsp3) is 0.905. The number of thiocarbonyl (C=S) groups is 2. The molecule has 238 valence electrons. The summed E-state index contributed by atoms with van der Waals surface area (Å²) in [5.41, 5.74) is -2.78. The summed E-state index contributed by atoms with van der Waals surface area (Å²) >= 11 is 19.7. The van der Waals surface area contributed by atoms with Gasteiger partial charge in [-0.2, -0.15) is 8.42 Å². The first-order valence-electron chi connectivity index (χ1n) is 12.5. The van der Waals surface area contributed by atoms with Gasteiger partial charge in [-0.25, -0.2) is 0 Å². The van der Waals surface area contributed by atoms with Gasteiger partial charge in [-0.15, -0.1) is 0 Å². The Bertz CT molecular complexity index is 764. The standard InChI is InChI=1S/C21H41O11PS7/c1-3-29-20(34)37-17-14-27-8-6-25-10-12-31-33(36,39-16-5-19-40(22,23)24)32-13-11-26-7-9-28-15-18-38-21(35)30-4-2/h3-19H2,1-2H3,(H,22,23,24). The summed E-state index contributed by atoms with van der Waals surface area (Å²) in [4.78, 5) is 0. The average molecular weight is 725 g/mol. The van der Waals surface area contributed by atoms with Gasteiger partial charge in [-0.05, 0) is 56.5 Å². The van der Waals surface area contributed by atoms with Crippen molar-refractivity contribution in [2.75, 3.05) is 102 Å². The molecule has 0 aromatic heterocycles. The fourth-order valence-corrected chi connectivity index (χ4v) is 9.23. The van der Waals surface area contributed by atoms with Gasteiger partial charge in [-0.1, -0.05) is 34.9 Å². The Balaban J connectivity index is 4.10. The van der Waals surface area contributed by atoms with Crippen LogP contribution in [0.5, 0.6) is 0 Å². The summed E-state index contributed by atoms with van der Waals surface area (Å²) < 4.78 is 75.9. The van der Waals surface area contributed by atoms with E-state index >= 15 is 0 Å². The van der Waals surface area contributed by atoms with Crippen LogP contribution in [0.2, 0.25) is 0 Å². The van der Waals surface area contributed by atoms with E-state index in [9.17, 15) is 8.42 Å². The molecule has 0 saturated heterocycles. The van der Waals surface area contributed by atoms with Gasteiger partial charge < -0.3 is 37.5 Å². The SMILES string of the molecule is CCOC(=S)SCCOCCOCCOP(=S)(OCCOCCOCCSC(=S)OCC)SCCCS(=O)(=O)O. The molecule has 1 N–H and O–H groups in total. The highest BCUT2D eigenvalue weighted by Crippen LogP contribution is 2.61. The molecule has 0 aromatic rings. The Morgan fingerprint density at radius 1 is 0.700 bits per heavy atom. The van der Waals surface area contributed by atoms with Crippen LogP contribution in [0.1, 0.15) is 20.3 Å². The molecule has 0 radical (unpaired) electrons. The summed E-state index contributed by atoms with van der Waals surface area (Å²) in [6, 6.07) is 0. The van der Waals surface area contributed by atoms with Crippen LogP contribution >= 0.6 is 65.0 Å². The third-order valence-corrected chi connectivity index (χ3v) is 12.6. The van der Waals surface area contributed by atoms with E-state index in [1.807, 2.05) is 13.8 Å². The maximum atomic E-state index is 11.0. The zero-order valence-electron chi connectivity index (χ0n) is 22.9. The summed E-state index contributed by atoms with van der Waals surface area (Å²) in [5.74, 6) is 1.41. The summed E-state index contributed by atoms with van der Waals surface area (Å²) in [6.07, 6.45) is 0.220. The van der Waals surface area contributed by atoms with Crippen molar-refractivity contribution in [2.24, 2.45) is 0 Å². The molecule has 11 nitrogen and oxygen atoms in total. The van der Waals surface area contributed by atoms with E-state index in [-0.39, 0.29) is 25.4 Å². The van der Waals surface area contributed by atoms with Crippen LogP contribution in [-0.4, -0.2) is 124 Å². The largest absolute Gasteiger partial charge is 0.479 e. The molecule has 0 unspecified atom stereocenters. The minimum Gasteiger partial charge on any atom is -0.479 e. The van der Waals surface area contributed by atoms with E-state index in [0.717, 1.165) is 0 Å². The van der Waals surface area contributed by atoms with Crippen LogP contribution in [0.4, 0.5) is 0 Å². The van der Waals surface area contributed by atoms with Crippen LogP contribution in [-0.2, 0) is 59.4 Å². The van der Waals surface area contributed by atoms with Gasteiger partial charge in [0.25, 0.3) is 10.1 Å². The lowest BCUT2D eigenvalue weighted by Crippen LogP contribution is -2.12. The third-order valence-electron chi connectivity index (χ3n) is 3.91. The molecule has 0 aliphatic heterocycles. The highest BCUT2D eigenvalue weighted by molar-refractivity contribution is 8.67. The molecule has 0 atom stereocenters. The summed E-state index contributed by atoms with van der Waals surface area (Å²) in [7, 11) is -4.04. The van der Waals surface area contributed by atoms with Gasteiger partial charge in [0, 0.05) is 17.3 Å². The number of hydrogen-bond donors (Lipinski definition) is 1. The molecule has 19 heteroatoms. The smallest absolute Gasteiger partial charge is 0.264 e. The molecule has 0 aliphatic carbocycles. The molecule has 0 rings (SSSR count). The maximum Gasteiger partial charge on any atom is 0.264 e. The fourth-order valence-electron chi connectivity index (χ4n) is 2.28. The van der Waals surface area contributed by atoms with Gasteiger partial charge in [0.2, 0.25) is 14.5 Å². The molecule has 0 spiro atoms. The molecule has 40 heavy (non-hydrogen) atoms. The number of ether oxygens (including phenoxy) is 6. The van der Waals surface area contributed by atoms with Crippen LogP contribution in [0.25, 0.3) is 0 Å². The number of thioether (sulfide) groups is 2. The quantitative estimate of drug-likeness (QED) is 0.0555. The van der Waals surface area contributed by atoms with Crippen LogP contribution in [0, 0.1) is 0 Å². The summed E-state index contributed by atoms with van der Waals surface area (Å²) in [5, 5.41) is 0. The van der Waals surface area contributed by atoms with Crippen LogP contribution < -0.4 is 0 Å². The Morgan fingerprint density at radius 3 is 1.50 bits per heavy atom. The number of hydrogen-bond acceptors (Lipinski definition) is 16. The van der Waals surface area contributed by atoms with E-state index in [1.54, 1.807) is 0 Å². The predicted octanol–water partition coefficient (Wildman–Crippen LogP) is 4.43. The zero-order chi connectivity index (χ0) is 30.0. The van der Waals surface area contributed by atoms with Crippen molar-refractivity contribution < 1.29 is 50.4 Å². The van der Waals surface area contributed by atoms with Gasteiger partial charge in [-0.3, -0.25) is 4.55 Å². The van der Waals surface area contributed by atoms with Crippen molar-refractivity contribution in [1.29, 1.82) is 0 Å². The van der Waals surface area contributed by atoms with Crippen molar-refractivity contribution in [3.05, 3.63) is 0 Å². The van der Waals surface area contributed by atoms with E-state index in [0.29, 0.717) is 92.1 Å². The first-order valence-corrected chi connectivity index (χ1v) is 21.1. The van der Waals surface area contributed by atoms with E-state index in [1.165, 1.54) is 34.9 Å². The molecule has 0 bridgehead atoms. The van der Waals surface area contributed by atoms with Gasteiger partial charge >= 0.3 is 0 Å². The topological polar surface area (TPSA) is 128 Å². The normalized spacial score (nSPS) is 12.0. The van der Waals surface area contributed by atoms with E-state index < -0.39 is 15.8 Å². The molecule has 0 aliphatic rings. The molecular weight excluding hydrogens is 684 g/mol. The van der Waals surface area contributed by atoms with Crippen LogP contribution in [0.3, 0.4) is 0 Å². The molecular formula is C21H41O11PS7.